The number of halogens is 2. The molecule has 0 aliphatic carbocycles. The molecule has 1 aromatic carbocycles. The predicted molar refractivity (Wildman–Crippen MR) is 110 cm³/mol. The van der Waals surface area contributed by atoms with E-state index in [0.29, 0.717) is 49.0 Å². The Labute approximate surface area is 180 Å². The molecule has 0 saturated carbocycles. The van der Waals surface area contributed by atoms with Gasteiger partial charge in [-0.15, -0.1) is 0 Å². The van der Waals surface area contributed by atoms with E-state index in [4.69, 9.17) is 9.47 Å². The Morgan fingerprint density at radius 2 is 1.75 bits per heavy atom. The van der Waals surface area contributed by atoms with Crippen molar-refractivity contribution in [2.24, 2.45) is 0 Å². The monoisotopic (exact) mass is 440 g/mol. The fourth-order valence-corrected chi connectivity index (χ4v) is 3.43. The van der Waals surface area contributed by atoms with E-state index < -0.39 is 12.2 Å². The summed E-state index contributed by atoms with van der Waals surface area (Å²) in [6.07, 6.45) is 0.100. The zero-order chi connectivity index (χ0) is 22.1. The summed E-state index contributed by atoms with van der Waals surface area (Å²) in [6.45, 7) is 2.12. The van der Waals surface area contributed by atoms with Gasteiger partial charge in [-0.05, 0) is 12.1 Å². The average Bonchev–Trinajstić information content (AvgIpc) is 3.24. The van der Waals surface area contributed by atoms with Gasteiger partial charge in [-0.25, -0.2) is 18.7 Å². The third kappa shape index (κ3) is 3.68. The molecule has 5 rings (SSSR count). The van der Waals surface area contributed by atoms with E-state index >= 15 is 0 Å². The van der Waals surface area contributed by atoms with E-state index in [1.807, 2.05) is 4.90 Å². The van der Waals surface area contributed by atoms with Gasteiger partial charge >= 0.3 is 0 Å². The van der Waals surface area contributed by atoms with Crippen LogP contribution in [0.15, 0.2) is 36.7 Å². The van der Waals surface area contributed by atoms with Crippen LogP contribution in [0, 0.1) is 0 Å². The second kappa shape index (κ2) is 8.38. The molecular weight excluding hydrogens is 422 g/mol. The number of nitrogens with zero attached hydrogens (tertiary/aromatic N) is 8. The Hall–Kier alpha value is -3.80. The minimum Gasteiger partial charge on any atom is -0.480 e. The minimum absolute atomic E-state index is 0.0186. The Morgan fingerprint density at radius 3 is 2.53 bits per heavy atom. The lowest BCUT2D eigenvalue weighted by molar-refractivity contribution is 0.122. The molecule has 0 amide bonds. The number of imidazole rings is 1. The summed E-state index contributed by atoms with van der Waals surface area (Å²) in [7, 11) is 1.47. The molecule has 0 bridgehead atoms. The van der Waals surface area contributed by atoms with Gasteiger partial charge in [0, 0.05) is 13.1 Å². The lowest BCUT2D eigenvalue weighted by Gasteiger charge is -2.27. The van der Waals surface area contributed by atoms with Gasteiger partial charge in [-0.3, -0.25) is 9.55 Å². The normalized spacial score (nSPS) is 14.3. The topological polar surface area (TPSA) is 104 Å². The molecule has 0 radical (unpaired) electrons. The van der Waals surface area contributed by atoms with Gasteiger partial charge in [0.25, 0.3) is 6.43 Å². The van der Waals surface area contributed by atoms with Gasteiger partial charge in [0.15, 0.2) is 11.6 Å². The van der Waals surface area contributed by atoms with Gasteiger partial charge in [-0.1, -0.05) is 12.1 Å². The van der Waals surface area contributed by atoms with Crippen molar-refractivity contribution in [1.29, 1.82) is 0 Å². The SMILES string of the molecule is COc1cncc(-c2nc(N3CCOCC3)nc(-n3c(C(F)F)nc4ccccc43)n2)n1. The molecule has 3 aromatic heterocycles. The standard InChI is InChI=1S/C20H18F2N8O2/c1-31-15-11-23-10-13(24-15)17-26-19(29-6-8-32-9-7-29)28-20(27-17)30-14-5-3-2-4-12(14)25-18(30)16(21)22/h2-5,10-11,16H,6-9H2,1H3. The van der Waals surface area contributed by atoms with E-state index in [2.05, 4.69) is 29.9 Å². The highest BCUT2D eigenvalue weighted by molar-refractivity contribution is 5.77. The summed E-state index contributed by atoms with van der Waals surface area (Å²) in [5.74, 6) is 0.355. The third-order valence-corrected chi connectivity index (χ3v) is 4.94. The highest BCUT2D eigenvalue weighted by Gasteiger charge is 2.25. The molecule has 164 valence electrons. The smallest absolute Gasteiger partial charge is 0.296 e. The first-order valence-electron chi connectivity index (χ1n) is 9.85. The maximum Gasteiger partial charge on any atom is 0.296 e. The molecule has 1 fully saturated rings. The highest BCUT2D eigenvalue weighted by atomic mass is 19.3. The molecular formula is C20H18F2N8O2. The first-order valence-corrected chi connectivity index (χ1v) is 9.85. The van der Waals surface area contributed by atoms with Crippen LogP contribution < -0.4 is 9.64 Å². The van der Waals surface area contributed by atoms with E-state index in [1.165, 1.54) is 24.1 Å². The predicted octanol–water partition coefficient (Wildman–Crippen LogP) is 2.45. The van der Waals surface area contributed by atoms with Crippen LogP contribution in [0.1, 0.15) is 12.2 Å². The van der Waals surface area contributed by atoms with Crippen molar-refractivity contribution in [2.75, 3.05) is 38.3 Å². The second-order valence-electron chi connectivity index (χ2n) is 6.90. The van der Waals surface area contributed by atoms with E-state index in [-0.39, 0.29) is 17.7 Å². The number of hydrogen-bond acceptors (Lipinski definition) is 9. The van der Waals surface area contributed by atoms with Crippen molar-refractivity contribution < 1.29 is 18.3 Å². The molecule has 0 unspecified atom stereocenters. The van der Waals surface area contributed by atoms with Gasteiger partial charge in [-0.2, -0.15) is 15.0 Å². The summed E-state index contributed by atoms with van der Waals surface area (Å²) in [5, 5.41) is 0. The Bertz CT molecular complexity index is 1260. The van der Waals surface area contributed by atoms with Crippen molar-refractivity contribution in [1.82, 2.24) is 34.5 Å². The van der Waals surface area contributed by atoms with Crippen molar-refractivity contribution in [3.63, 3.8) is 0 Å². The van der Waals surface area contributed by atoms with Crippen LogP contribution >= 0.6 is 0 Å². The zero-order valence-corrected chi connectivity index (χ0v) is 17.0. The summed E-state index contributed by atoms with van der Waals surface area (Å²) in [6, 6.07) is 6.83. The number of fused-ring (bicyclic) bond motifs is 1. The number of ether oxygens (including phenoxy) is 2. The maximum atomic E-state index is 13.9. The van der Waals surface area contributed by atoms with E-state index in [9.17, 15) is 8.78 Å². The largest absolute Gasteiger partial charge is 0.480 e. The Balaban J connectivity index is 1.73. The number of morpholine rings is 1. The first kappa shape index (κ1) is 20.1. The summed E-state index contributed by atoms with van der Waals surface area (Å²) < 4.78 is 39.6. The molecule has 12 heteroatoms. The molecule has 4 aromatic rings. The number of para-hydroxylation sites is 2. The second-order valence-corrected chi connectivity index (χ2v) is 6.90. The fraction of sp³-hybridized carbons (Fsp3) is 0.300. The molecule has 10 nitrogen and oxygen atoms in total. The van der Waals surface area contributed by atoms with Crippen LogP contribution in [0.2, 0.25) is 0 Å². The number of hydrogen-bond donors (Lipinski definition) is 0. The van der Waals surface area contributed by atoms with Crippen molar-refractivity contribution in [2.45, 2.75) is 6.43 Å². The number of aromatic nitrogens is 7. The lowest BCUT2D eigenvalue weighted by atomic mass is 10.3. The van der Waals surface area contributed by atoms with Crippen LogP contribution in [0.5, 0.6) is 5.88 Å². The van der Waals surface area contributed by atoms with Gasteiger partial charge in [0.2, 0.25) is 17.8 Å². The zero-order valence-electron chi connectivity index (χ0n) is 17.0. The minimum atomic E-state index is -2.83. The third-order valence-electron chi connectivity index (χ3n) is 4.94. The van der Waals surface area contributed by atoms with Crippen molar-refractivity contribution in [3.05, 3.63) is 42.5 Å². The quantitative estimate of drug-likeness (QED) is 0.463. The molecule has 1 aliphatic heterocycles. The Kier molecular flexibility index (Phi) is 5.27. The highest BCUT2D eigenvalue weighted by Crippen LogP contribution is 2.28. The fourth-order valence-electron chi connectivity index (χ4n) is 3.43. The van der Waals surface area contributed by atoms with Gasteiger partial charge in [0.05, 0.1) is 43.8 Å². The van der Waals surface area contributed by atoms with Gasteiger partial charge in [0.1, 0.15) is 5.69 Å². The average molecular weight is 440 g/mol. The maximum absolute atomic E-state index is 13.9. The molecule has 0 spiro atoms. The molecule has 1 aliphatic rings. The number of rotatable bonds is 5. The molecule has 0 N–H and O–H groups in total. The van der Waals surface area contributed by atoms with Crippen LogP contribution in [-0.2, 0) is 4.74 Å². The summed E-state index contributed by atoms with van der Waals surface area (Å²) in [5.41, 5.74) is 1.20. The van der Waals surface area contributed by atoms with Crippen LogP contribution in [0.4, 0.5) is 14.7 Å². The number of methoxy groups -OCH3 is 1. The van der Waals surface area contributed by atoms with E-state index in [1.54, 1.807) is 24.3 Å². The lowest BCUT2D eigenvalue weighted by Crippen LogP contribution is -2.37. The first-order chi connectivity index (χ1) is 15.6. The van der Waals surface area contributed by atoms with Crippen LogP contribution in [0.3, 0.4) is 0 Å². The van der Waals surface area contributed by atoms with E-state index in [0.717, 1.165) is 0 Å². The van der Waals surface area contributed by atoms with Crippen LogP contribution in [-0.4, -0.2) is 67.9 Å². The molecule has 0 atom stereocenters. The Morgan fingerprint density at radius 1 is 0.969 bits per heavy atom. The molecule has 4 heterocycles. The molecule has 1 saturated heterocycles. The number of benzene rings is 1. The van der Waals surface area contributed by atoms with Crippen molar-refractivity contribution in [3.8, 4) is 23.3 Å². The van der Waals surface area contributed by atoms with Crippen LogP contribution in [0.25, 0.3) is 28.5 Å². The number of alkyl halides is 2. The molecule has 32 heavy (non-hydrogen) atoms. The summed E-state index contributed by atoms with van der Waals surface area (Å²) >= 11 is 0. The van der Waals surface area contributed by atoms with Gasteiger partial charge < -0.3 is 14.4 Å². The van der Waals surface area contributed by atoms with Crippen molar-refractivity contribution >= 4 is 17.0 Å². The number of anilines is 1. The summed E-state index contributed by atoms with van der Waals surface area (Å²) in [4.78, 5) is 28.0.